The highest BCUT2D eigenvalue weighted by Gasteiger charge is 2.22. The van der Waals surface area contributed by atoms with E-state index in [1.807, 2.05) is 7.11 Å². The Morgan fingerprint density at radius 1 is 1.12 bits per heavy atom. The van der Waals surface area contributed by atoms with E-state index in [1.165, 1.54) is 38.6 Å². The van der Waals surface area contributed by atoms with Crippen molar-refractivity contribution < 1.29 is 9.47 Å². The molecule has 2 atom stereocenters. The molecular formula is C13H25NO2. The van der Waals surface area contributed by atoms with E-state index >= 15 is 0 Å². The minimum atomic E-state index is 0.429. The van der Waals surface area contributed by atoms with Crippen LogP contribution in [0.5, 0.6) is 0 Å². The molecule has 0 heterocycles. The summed E-state index contributed by atoms with van der Waals surface area (Å²) in [6.45, 7) is 3.05. The summed E-state index contributed by atoms with van der Waals surface area (Å²) < 4.78 is 11.3. The number of hydrogen-bond donors (Lipinski definition) is 1. The SMILES string of the molecule is COC1CCCC(OCCNCC2CC2)C1. The molecule has 2 fully saturated rings. The van der Waals surface area contributed by atoms with Crippen molar-refractivity contribution in [3.05, 3.63) is 0 Å². The zero-order valence-electron chi connectivity index (χ0n) is 10.4. The van der Waals surface area contributed by atoms with Gasteiger partial charge in [-0.15, -0.1) is 0 Å². The zero-order valence-corrected chi connectivity index (χ0v) is 10.4. The average Bonchev–Trinajstić information content (AvgIpc) is 3.13. The molecule has 0 aromatic heterocycles. The van der Waals surface area contributed by atoms with Crippen LogP contribution in [0.25, 0.3) is 0 Å². The van der Waals surface area contributed by atoms with Crippen LogP contribution in [-0.4, -0.2) is 39.0 Å². The molecule has 2 saturated carbocycles. The molecule has 16 heavy (non-hydrogen) atoms. The first-order valence-electron chi connectivity index (χ1n) is 6.73. The number of rotatable bonds is 7. The van der Waals surface area contributed by atoms with Gasteiger partial charge in [-0.3, -0.25) is 0 Å². The molecule has 3 heteroatoms. The fourth-order valence-corrected chi connectivity index (χ4v) is 2.39. The fraction of sp³-hybridized carbons (Fsp3) is 1.00. The van der Waals surface area contributed by atoms with Gasteiger partial charge >= 0.3 is 0 Å². The Hall–Kier alpha value is -0.120. The van der Waals surface area contributed by atoms with Gasteiger partial charge < -0.3 is 14.8 Å². The summed E-state index contributed by atoms with van der Waals surface area (Å²) in [5.74, 6) is 0.965. The first kappa shape index (κ1) is 12.3. The molecule has 94 valence electrons. The van der Waals surface area contributed by atoms with Crippen molar-refractivity contribution in [3.8, 4) is 0 Å². The van der Waals surface area contributed by atoms with Gasteiger partial charge in [0.15, 0.2) is 0 Å². The van der Waals surface area contributed by atoms with Crippen molar-refractivity contribution in [1.29, 1.82) is 0 Å². The molecule has 0 amide bonds. The second kappa shape index (κ2) is 6.58. The summed E-state index contributed by atoms with van der Waals surface area (Å²) in [5, 5.41) is 3.46. The van der Waals surface area contributed by atoms with Crippen molar-refractivity contribution in [3.63, 3.8) is 0 Å². The number of methoxy groups -OCH3 is 1. The maximum atomic E-state index is 5.87. The van der Waals surface area contributed by atoms with Crippen molar-refractivity contribution in [2.24, 2.45) is 5.92 Å². The summed E-state index contributed by atoms with van der Waals surface area (Å²) in [5.41, 5.74) is 0. The van der Waals surface area contributed by atoms with Crippen molar-refractivity contribution >= 4 is 0 Å². The standard InChI is InChI=1S/C13H25NO2/c1-15-12-3-2-4-13(9-12)16-8-7-14-10-11-5-6-11/h11-14H,2-10H2,1H3. The quantitative estimate of drug-likeness (QED) is 0.674. The van der Waals surface area contributed by atoms with Gasteiger partial charge in [-0.1, -0.05) is 0 Å². The molecule has 0 aromatic rings. The first-order valence-corrected chi connectivity index (χ1v) is 6.73. The van der Waals surface area contributed by atoms with E-state index in [-0.39, 0.29) is 0 Å². The summed E-state index contributed by atoms with van der Waals surface area (Å²) in [4.78, 5) is 0. The summed E-state index contributed by atoms with van der Waals surface area (Å²) in [6, 6.07) is 0. The number of ether oxygens (including phenoxy) is 2. The molecule has 3 nitrogen and oxygen atoms in total. The third kappa shape index (κ3) is 4.40. The van der Waals surface area contributed by atoms with Crippen LogP contribution < -0.4 is 5.32 Å². The van der Waals surface area contributed by atoms with Crippen LogP contribution in [-0.2, 0) is 9.47 Å². The molecular weight excluding hydrogens is 202 g/mol. The van der Waals surface area contributed by atoms with E-state index in [1.54, 1.807) is 0 Å². The molecule has 2 unspecified atom stereocenters. The van der Waals surface area contributed by atoms with Crippen molar-refractivity contribution in [2.75, 3.05) is 26.8 Å². The van der Waals surface area contributed by atoms with Gasteiger partial charge in [-0.2, -0.15) is 0 Å². The van der Waals surface area contributed by atoms with Crippen LogP contribution in [0, 0.1) is 5.92 Å². The average molecular weight is 227 g/mol. The molecule has 2 aliphatic carbocycles. The molecule has 0 aromatic carbocycles. The van der Waals surface area contributed by atoms with Crippen molar-refractivity contribution in [2.45, 2.75) is 50.7 Å². The van der Waals surface area contributed by atoms with Gasteiger partial charge in [-0.25, -0.2) is 0 Å². The smallest absolute Gasteiger partial charge is 0.0600 e. The van der Waals surface area contributed by atoms with Gasteiger partial charge in [0.1, 0.15) is 0 Å². The van der Waals surface area contributed by atoms with Crippen LogP contribution in [0.3, 0.4) is 0 Å². The summed E-state index contributed by atoms with van der Waals surface area (Å²) >= 11 is 0. The van der Waals surface area contributed by atoms with Crippen LogP contribution in [0.4, 0.5) is 0 Å². The van der Waals surface area contributed by atoms with Crippen LogP contribution in [0.1, 0.15) is 38.5 Å². The highest BCUT2D eigenvalue weighted by Crippen LogP contribution is 2.27. The molecule has 0 bridgehead atoms. The zero-order chi connectivity index (χ0) is 11.2. The van der Waals surface area contributed by atoms with E-state index in [0.717, 1.165) is 25.5 Å². The van der Waals surface area contributed by atoms with Gasteiger partial charge in [0.2, 0.25) is 0 Å². The lowest BCUT2D eigenvalue weighted by molar-refractivity contribution is -0.0282. The maximum Gasteiger partial charge on any atom is 0.0600 e. The lowest BCUT2D eigenvalue weighted by Gasteiger charge is -2.28. The monoisotopic (exact) mass is 227 g/mol. The van der Waals surface area contributed by atoms with E-state index in [9.17, 15) is 0 Å². The Balaban J connectivity index is 1.47. The lowest BCUT2D eigenvalue weighted by atomic mass is 9.95. The Kier molecular flexibility index (Phi) is 5.07. The normalized spacial score (nSPS) is 30.6. The Morgan fingerprint density at radius 2 is 1.94 bits per heavy atom. The van der Waals surface area contributed by atoms with E-state index < -0.39 is 0 Å². The molecule has 1 N–H and O–H groups in total. The first-order chi connectivity index (χ1) is 7.88. The lowest BCUT2D eigenvalue weighted by Crippen LogP contribution is -2.30. The summed E-state index contributed by atoms with van der Waals surface area (Å²) in [7, 11) is 1.81. The van der Waals surface area contributed by atoms with E-state index in [2.05, 4.69) is 5.32 Å². The molecule has 0 aliphatic heterocycles. The second-order valence-corrected chi connectivity index (χ2v) is 5.16. The molecule has 0 radical (unpaired) electrons. The molecule has 0 spiro atoms. The van der Waals surface area contributed by atoms with Gasteiger partial charge in [0, 0.05) is 13.7 Å². The predicted molar refractivity (Wildman–Crippen MR) is 64.6 cm³/mol. The number of nitrogens with one attached hydrogen (secondary N) is 1. The Bertz CT molecular complexity index is 194. The third-order valence-corrected chi connectivity index (χ3v) is 3.67. The minimum absolute atomic E-state index is 0.429. The number of hydrogen-bond acceptors (Lipinski definition) is 3. The van der Waals surface area contributed by atoms with Crippen LogP contribution in [0.2, 0.25) is 0 Å². The van der Waals surface area contributed by atoms with Crippen LogP contribution >= 0.6 is 0 Å². The Morgan fingerprint density at radius 3 is 2.69 bits per heavy atom. The molecule has 2 rings (SSSR count). The minimum Gasteiger partial charge on any atom is -0.381 e. The third-order valence-electron chi connectivity index (χ3n) is 3.67. The van der Waals surface area contributed by atoms with Gasteiger partial charge in [0.25, 0.3) is 0 Å². The van der Waals surface area contributed by atoms with E-state index in [4.69, 9.17) is 9.47 Å². The Labute approximate surface area is 98.9 Å². The highest BCUT2D eigenvalue weighted by atomic mass is 16.5. The molecule has 2 aliphatic rings. The second-order valence-electron chi connectivity index (χ2n) is 5.16. The largest absolute Gasteiger partial charge is 0.381 e. The highest BCUT2D eigenvalue weighted by molar-refractivity contribution is 4.75. The summed E-state index contributed by atoms with van der Waals surface area (Å²) in [6.07, 6.45) is 8.45. The van der Waals surface area contributed by atoms with Gasteiger partial charge in [-0.05, 0) is 51.0 Å². The van der Waals surface area contributed by atoms with E-state index in [0.29, 0.717) is 12.2 Å². The van der Waals surface area contributed by atoms with Crippen LogP contribution in [0.15, 0.2) is 0 Å². The van der Waals surface area contributed by atoms with Crippen molar-refractivity contribution in [1.82, 2.24) is 5.32 Å². The fourth-order valence-electron chi connectivity index (χ4n) is 2.39. The van der Waals surface area contributed by atoms with Gasteiger partial charge in [0.05, 0.1) is 18.8 Å². The topological polar surface area (TPSA) is 30.5 Å². The maximum absolute atomic E-state index is 5.87. The predicted octanol–water partition coefficient (Wildman–Crippen LogP) is 1.96. The molecule has 0 saturated heterocycles.